The Morgan fingerprint density at radius 3 is 2.23 bits per heavy atom. The second kappa shape index (κ2) is 11.5. The smallest absolute Gasteiger partial charge is 0.222 e. The third-order valence-corrected chi connectivity index (χ3v) is 4.57. The number of hydrogen-bond acceptors (Lipinski definition) is 3. The van der Waals surface area contributed by atoms with Crippen LogP contribution in [0.5, 0.6) is 0 Å². The maximum atomic E-state index is 12.3. The molecule has 1 N–H and O–H groups in total. The highest BCUT2D eigenvalue weighted by Crippen LogP contribution is 2.18. The van der Waals surface area contributed by atoms with Crippen LogP contribution in [-0.4, -0.2) is 61.5 Å². The molecule has 0 bridgehead atoms. The second-order valence-corrected chi connectivity index (χ2v) is 6.81. The Hall–Kier alpha value is -0.0300. The fourth-order valence-electron chi connectivity index (χ4n) is 3.35. The van der Waals surface area contributed by atoms with Gasteiger partial charge in [0.1, 0.15) is 0 Å². The molecular weight excluding hydrogens is 321 g/mol. The van der Waals surface area contributed by atoms with Crippen molar-refractivity contribution in [2.24, 2.45) is 11.8 Å². The van der Waals surface area contributed by atoms with Gasteiger partial charge in [-0.3, -0.25) is 9.69 Å². The monoisotopic (exact) mass is 353 g/mol. The number of carbonyl (C=O) groups excluding carboxylic acids is 1. The number of rotatable bonds is 5. The lowest BCUT2D eigenvalue weighted by Gasteiger charge is -2.36. The van der Waals surface area contributed by atoms with Crippen LogP contribution in [0.3, 0.4) is 0 Å². The Kier molecular flexibility index (Phi) is 11.5. The van der Waals surface area contributed by atoms with Gasteiger partial charge in [-0.25, -0.2) is 0 Å². The van der Waals surface area contributed by atoms with E-state index in [9.17, 15) is 4.79 Å². The van der Waals surface area contributed by atoms with Crippen LogP contribution in [0.4, 0.5) is 0 Å². The largest absolute Gasteiger partial charge is 0.340 e. The molecule has 2 aliphatic rings. The summed E-state index contributed by atoms with van der Waals surface area (Å²) in [6.45, 7) is 11.9. The highest BCUT2D eigenvalue weighted by Gasteiger charge is 2.22. The van der Waals surface area contributed by atoms with Crippen LogP contribution >= 0.6 is 24.8 Å². The Balaban J connectivity index is 0.00000220. The number of nitrogens with one attached hydrogen (secondary N) is 1. The van der Waals surface area contributed by atoms with Crippen LogP contribution < -0.4 is 5.32 Å². The van der Waals surface area contributed by atoms with E-state index in [2.05, 4.69) is 29.0 Å². The molecular formula is C16H33Cl2N3O. The number of carbonyl (C=O) groups is 1. The maximum absolute atomic E-state index is 12.3. The summed E-state index contributed by atoms with van der Waals surface area (Å²) >= 11 is 0. The molecule has 2 heterocycles. The Morgan fingerprint density at radius 1 is 1.09 bits per heavy atom. The summed E-state index contributed by atoms with van der Waals surface area (Å²) in [5, 5.41) is 3.39. The molecule has 0 aliphatic carbocycles. The number of piperazine rings is 1. The molecule has 132 valence electrons. The third-order valence-electron chi connectivity index (χ3n) is 4.57. The van der Waals surface area contributed by atoms with E-state index in [0.717, 1.165) is 70.5 Å². The summed E-state index contributed by atoms with van der Waals surface area (Å²) in [7, 11) is 0. The molecule has 2 rings (SSSR count). The molecule has 0 aromatic rings. The van der Waals surface area contributed by atoms with Crippen molar-refractivity contribution in [2.75, 3.05) is 45.8 Å². The van der Waals surface area contributed by atoms with E-state index < -0.39 is 0 Å². The summed E-state index contributed by atoms with van der Waals surface area (Å²) in [5.41, 5.74) is 0. The standard InChI is InChI=1S/C16H31N3O.2ClH/c1-14(2)13-18-9-11-19(12-10-18)16(20)4-3-15-5-7-17-8-6-15;;/h14-15,17H,3-13H2,1-2H3;2*1H. The van der Waals surface area contributed by atoms with Crippen molar-refractivity contribution in [1.82, 2.24) is 15.1 Å². The van der Waals surface area contributed by atoms with Gasteiger partial charge in [0.05, 0.1) is 0 Å². The summed E-state index contributed by atoms with van der Waals surface area (Å²) in [5.74, 6) is 1.87. The second-order valence-electron chi connectivity index (χ2n) is 6.81. The van der Waals surface area contributed by atoms with E-state index >= 15 is 0 Å². The van der Waals surface area contributed by atoms with Gasteiger partial charge < -0.3 is 10.2 Å². The third kappa shape index (κ3) is 7.49. The van der Waals surface area contributed by atoms with Gasteiger partial charge in [-0.05, 0) is 44.2 Å². The first-order valence-corrected chi connectivity index (χ1v) is 8.36. The molecule has 6 heteroatoms. The predicted octanol–water partition coefficient (Wildman–Crippen LogP) is 2.41. The van der Waals surface area contributed by atoms with Gasteiger partial charge in [0.2, 0.25) is 5.91 Å². The summed E-state index contributed by atoms with van der Waals surface area (Å²) < 4.78 is 0. The van der Waals surface area contributed by atoms with E-state index in [1.807, 2.05) is 0 Å². The summed E-state index contributed by atoms with van der Waals surface area (Å²) in [4.78, 5) is 16.8. The number of nitrogens with zero attached hydrogens (tertiary/aromatic N) is 2. The minimum atomic E-state index is 0. The van der Waals surface area contributed by atoms with Crippen LogP contribution in [0.1, 0.15) is 39.5 Å². The molecule has 1 amide bonds. The molecule has 0 spiro atoms. The lowest BCUT2D eigenvalue weighted by atomic mass is 9.93. The van der Waals surface area contributed by atoms with E-state index in [-0.39, 0.29) is 24.8 Å². The first-order valence-electron chi connectivity index (χ1n) is 8.36. The molecule has 4 nitrogen and oxygen atoms in total. The Morgan fingerprint density at radius 2 is 1.68 bits per heavy atom. The first kappa shape index (κ1) is 22.0. The maximum Gasteiger partial charge on any atom is 0.222 e. The van der Waals surface area contributed by atoms with Crippen LogP contribution in [-0.2, 0) is 4.79 Å². The highest BCUT2D eigenvalue weighted by atomic mass is 35.5. The van der Waals surface area contributed by atoms with Crippen LogP contribution in [0.25, 0.3) is 0 Å². The van der Waals surface area contributed by atoms with E-state index in [0.29, 0.717) is 5.91 Å². The van der Waals surface area contributed by atoms with Crippen LogP contribution in [0.2, 0.25) is 0 Å². The number of piperidine rings is 1. The molecule has 0 unspecified atom stereocenters. The predicted molar refractivity (Wildman–Crippen MR) is 97.2 cm³/mol. The molecule has 0 radical (unpaired) electrons. The molecule has 22 heavy (non-hydrogen) atoms. The van der Waals surface area contributed by atoms with Gasteiger partial charge in [-0.15, -0.1) is 24.8 Å². The first-order chi connectivity index (χ1) is 9.65. The summed E-state index contributed by atoms with van der Waals surface area (Å²) in [6, 6.07) is 0. The Bertz CT molecular complexity index is 302. The van der Waals surface area contributed by atoms with Gasteiger partial charge in [-0.2, -0.15) is 0 Å². The number of halogens is 2. The van der Waals surface area contributed by atoms with Crippen molar-refractivity contribution in [1.29, 1.82) is 0 Å². The average molecular weight is 354 g/mol. The van der Waals surface area contributed by atoms with Gasteiger partial charge in [-0.1, -0.05) is 13.8 Å². The normalized spacial score (nSPS) is 20.4. The minimum Gasteiger partial charge on any atom is -0.340 e. The van der Waals surface area contributed by atoms with Crippen molar-refractivity contribution in [3.8, 4) is 0 Å². The molecule has 2 fully saturated rings. The molecule has 2 saturated heterocycles. The zero-order valence-corrected chi connectivity index (χ0v) is 15.7. The van der Waals surface area contributed by atoms with Crippen LogP contribution in [0.15, 0.2) is 0 Å². The molecule has 0 atom stereocenters. The quantitative estimate of drug-likeness (QED) is 0.824. The average Bonchev–Trinajstić information content (AvgIpc) is 2.46. The van der Waals surface area contributed by atoms with E-state index in [4.69, 9.17) is 0 Å². The topological polar surface area (TPSA) is 35.6 Å². The van der Waals surface area contributed by atoms with Crippen LogP contribution in [0, 0.1) is 11.8 Å². The van der Waals surface area contributed by atoms with Crippen molar-refractivity contribution in [3.05, 3.63) is 0 Å². The van der Waals surface area contributed by atoms with Gasteiger partial charge in [0, 0.05) is 39.1 Å². The van der Waals surface area contributed by atoms with E-state index in [1.54, 1.807) is 0 Å². The van der Waals surface area contributed by atoms with Gasteiger partial charge >= 0.3 is 0 Å². The van der Waals surface area contributed by atoms with Gasteiger partial charge in [0.15, 0.2) is 0 Å². The zero-order valence-electron chi connectivity index (χ0n) is 14.1. The molecule has 0 saturated carbocycles. The minimum absolute atomic E-state index is 0. The molecule has 2 aliphatic heterocycles. The Labute approximate surface area is 148 Å². The number of amides is 1. The molecule has 0 aromatic carbocycles. The lowest BCUT2D eigenvalue weighted by Crippen LogP contribution is -2.49. The zero-order chi connectivity index (χ0) is 14.4. The van der Waals surface area contributed by atoms with Crippen molar-refractivity contribution < 1.29 is 4.79 Å². The fraction of sp³-hybridized carbons (Fsp3) is 0.938. The van der Waals surface area contributed by atoms with Gasteiger partial charge in [0.25, 0.3) is 0 Å². The SMILES string of the molecule is CC(C)CN1CCN(C(=O)CCC2CCNCC2)CC1.Cl.Cl. The number of hydrogen-bond donors (Lipinski definition) is 1. The van der Waals surface area contributed by atoms with Crippen molar-refractivity contribution in [2.45, 2.75) is 39.5 Å². The van der Waals surface area contributed by atoms with Crippen molar-refractivity contribution in [3.63, 3.8) is 0 Å². The lowest BCUT2D eigenvalue weighted by molar-refractivity contribution is -0.133. The fourth-order valence-corrected chi connectivity index (χ4v) is 3.35. The van der Waals surface area contributed by atoms with E-state index in [1.165, 1.54) is 12.8 Å². The highest BCUT2D eigenvalue weighted by molar-refractivity contribution is 5.85. The van der Waals surface area contributed by atoms with Crippen molar-refractivity contribution >= 4 is 30.7 Å². The molecule has 0 aromatic heterocycles. The summed E-state index contributed by atoms with van der Waals surface area (Å²) in [6.07, 6.45) is 4.34.